The predicted molar refractivity (Wildman–Crippen MR) is 85.3 cm³/mol. The number of nitrogens with one attached hydrogen (secondary N) is 1. The highest BCUT2D eigenvalue weighted by Gasteiger charge is 2.11. The SMILES string of the molecule is CCOC(=O)c1cc(NCc2ccc(C)cc2)ccc1N. The van der Waals surface area contributed by atoms with Crippen molar-refractivity contribution in [3.05, 3.63) is 59.2 Å². The molecule has 0 bridgehead atoms. The van der Waals surface area contributed by atoms with E-state index in [0.717, 1.165) is 5.69 Å². The van der Waals surface area contributed by atoms with E-state index in [9.17, 15) is 4.79 Å². The summed E-state index contributed by atoms with van der Waals surface area (Å²) in [5, 5.41) is 3.28. The summed E-state index contributed by atoms with van der Waals surface area (Å²) >= 11 is 0. The fourth-order valence-corrected chi connectivity index (χ4v) is 1.96. The van der Waals surface area contributed by atoms with Gasteiger partial charge in [-0.3, -0.25) is 0 Å². The Labute approximate surface area is 124 Å². The van der Waals surface area contributed by atoms with Crippen molar-refractivity contribution in [2.24, 2.45) is 0 Å². The second-order valence-electron chi connectivity index (χ2n) is 4.86. The first-order valence-electron chi connectivity index (χ1n) is 6.96. The summed E-state index contributed by atoms with van der Waals surface area (Å²) in [6.45, 7) is 4.85. The Kier molecular flexibility index (Phi) is 4.82. The summed E-state index contributed by atoms with van der Waals surface area (Å²) in [6.07, 6.45) is 0. The Morgan fingerprint density at radius 1 is 1.19 bits per heavy atom. The monoisotopic (exact) mass is 284 g/mol. The lowest BCUT2D eigenvalue weighted by atomic mass is 10.1. The van der Waals surface area contributed by atoms with Crippen molar-refractivity contribution in [2.45, 2.75) is 20.4 Å². The smallest absolute Gasteiger partial charge is 0.340 e. The number of carbonyl (C=O) groups is 1. The molecule has 0 heterocycles. The number of hydrogen-bond donors (Lipinski definition) is 2. The molecule has 0 aliphatic heterocycles. The van der Waals surface area contributed by atoms with Crippen molar-refractivity contribution in [3.63, 3.8) is 0 Å². The van der Waals surface area contributed by atoms with Gasteiger partial charge >= 0.3 is 5.97 Å². The Morgan fingerprint density at radius 2 is 1.90 bits per heavy atom. The predicted octanol–water partition coefficient (Wildman–Crippen LogP) is 3.37. The zero-order chi connectivity index (χ0) is 15.2. The average molecular weight is 284 g/mol. The van der Waals surface area contributed by atoms with Gasteiger partial charge in [0.2, 0.25) is 0 Å². The van der Waals surface area contributed by atoms with Crippen LogP contribution in [0.3, 0.4) is 0 Å². The van der Waals surface area contributed by atoms with Crippen LogP contribution in [0.15, 0.2) is 42.5 Å². The molecular formula is C17H20N2O2. The molecule has 21 heavy (non-hydrogen) atoms. The highest BCUT2D eigenvalue weighted by atomic mass is 16.5. The van der Waals surface area contributed by atoms with Gasteiger partial charge in [-0.2, -0.15) is 0 Å². The quantitative estimate of drug-likeness (QED) is 0.652. The van der Waals surface area contributed by atoms with Crippen molar-refractivity contribution in [1.82, 2.24) is 0 Å². The molecule has 0 aromatic heterocycles. The average Bonchev–Trinajstić information content (AvgIpc) is 2.48. The van der Waals surface area contributed by atoms with Gasteiger partial charge in [0.05, 0.1) is 12.2 Å². The molecule has 0 radical (unpaired) electrons. The fraction of sp³-hybridized carbons (Fsp3) is 0.235. The number of aryl methyl sites for hydroxylation is 1. The van der Waals surface area contributed by atoms with E-state index in [1.165, 1.54) is 11.1 Å². The topological polar surface area (TPSA) is 64.3 Å². The first-order valence-corrected chi connectivity index (χ1v) is 6.96. The molecule has 110 valence electrons. The van der Waals surface area contributed by atoms with E-state index in [0.29, 0.717) is 24.4 Å². The minimum Gasteiger partial charge on any atom is -0.462 e. The second kappa shape index (κ2) is 6.79. The van der Waals surface area contributed by atoms with Crippen LogP contribution in [0.2, 0.25) is 0 Å². The summed E-state index contributed by atoms with van der Waals surface area (Å²) in [6, 6.07) is 13.6. The van der Waals surface area contributed by atoms with Crippen LogP contribution in [0.5, 0.6) is 0 Å². The summed E-state index contributed by atoms with van der Waals surface area (Å²) < 4.78 is 4.99. The van der Waals surface area contributed by atoms with Crippen LogP contribution >= 0.6 is 0 Å². The maximum Gasteiger partial charge on any atom is 0.340 e. The number of carbonyl (C=O) groups excluding carboxylic acids is 1. The van der Waals surface area contributed by atoms with Gasteiger partial charge in [-0.05, 0) is 37.6 Å². The lowest BCUT2D eigenvalue weighted by molar-refractivity contribution is 0.0527. The van der Waals surface area contributed by atoms with Crippen molar-refractivity contribution in [2.75, 3.05) is 17.7 Å². The van der Waals surface area contributed by atoms with Gasteiger partial charge in [-0.15, -0.1) is 0 Å². The standard InChI is InChI=1S/C17H20N2O2/c1-3-21-17(20)15-10-14(8-9-16(15)18)19-11-13-6-4-12(2)5-7-13/h4-10,19H,3,11,18H2,1-2H3. The Hall–Kier alpha value is -2.49. The van der Waals surface area contributed by atoms with Crippen LogP contribution < -0.4 is 11.1 Å². The van der Waals surface area contributed by atoms with Crippen LogP contribution in [-0.4, -0.2) is 12.6 Å². The molecule has 0 fully saturated rings. The van der Waals surface area contributed by atoms with Gasteiger partial charge in [0.1, 0.15) is 0 Å². The lowest BCUT2D eigenvalue weighted by Crippen LogP contribution is -2.09. The number of esters is 1. The van der Waals surface area contributed by atoms with E-state index >= 15 is 0 Å². The van der Waals surface area contributed by atoms with Crippen LogP contribution in [0.25, 0.3) is 0 Å². The number of hydrogen-bond acceptors (Lipinski definition) is 4. The van der Waals surface area contributed by atoms with Crippen molar-refractivity contribution in [3.8, 4) is 0 Å². The molecule has 2 aromatic carbocycles. The van der Waals surface area contributed by atoms with Gasteiger partial charge in [0.25, 0.3) is 0 Å². The normalized spacial score (nSPS) is 10.2. The molecule has 0 atom stereocenters. The Bertz CT molecular complexity index is 621. The Balaban J connectivity index is 2.08. The largest absolute Gasteiger partial charge is 0.462 e. The molecule has 0 aliphatic rings. The first-order chi connectivity index (χ1) is 10.1. The maximum atomic E-state index is 11.8. The summed E-state index contributed by atoms with van der Waals surface area (Å²) in [5.74, 6) is -0.394. The molecule has 4 heteroatoms. The molecule has 0 unspecified atom stereocenters. The molecule has 2 rings (SSSR count). The molecule has 0 amide bonds. The third kappa shape index (κ3) is 3.99. The van der Waals surface area contributed by atoms with Crippen LogP contribution in [-0.2, 0) is 11.3 Å². The maximum absolute atomic E-state index is 11.8. The third-order valence-electron chi connectivity index (χ3n) is 3.17. The van der Waals surface area contributed by atoms with Gasteiger partial charge < -0.3 is 15.8 Å². The molecule has 4 nitrogen and oxygen atoms in total. The molecule has 2 aromatic rings. The minimum absolute atomic E-state index is 0.333. The number of rotatable bonds is 5. The van der Waals surface area contributed by atoms with Crippen molar-refractivity contribution >= 4 is 17.3 Å². The molecule has 3 N–H and O–H groups in total. The Morgan fingerprint density at radius 3 is 2.57 bits per heavy atom. The van der Waals surface area contributed by atoms with E-state index in [-0.39, 0.29) is 0 Å². The number of anilines is 2. The number of nitrogen functional groups attached to an aromatic ring is 1. The molecular weight excluding hydrogens is 264 g/mol. The fourth-order valence-electron chi connectivity index (χ4n) is 1.96. The summed E-state index contributed by atoms with van der Waals surface area (Å²) in [4.78, 5) is 11.8. The molecule has 0 aliphatic carbocycles. The van der Waals surface area contributed by atoms with E-state index < -0.39 is 5.97 Å². The van der Waals surface area contributed by atoms with Crippen LogP contribution in [0.1, 0.15) is 28.4 Å². The van der Waals surface area contributed by atoms with E-state index in [1.807, 2.05) is 6.07 Å². The number of benzene rings is 2. The van der Waals surface area contributed by atoms with Crippen LogP contribution in [0, 0.1) is 6.92 Å². The first kappa shape index (κ1) is 14.9. The zero-order valence-corrected chi connectivity index (χ0v) is 12.3. The van der Waals surface area contributed by atoms with E-state index in [1.54, 1.807) is 19.1 Å². The van der Waals surface area contributed by atoms with E-state index in [2.05, 4.69) is 36.5 Å². The third-order valence-corrected chi connectivity index (χ3v) is 3.17. The molecule has 0 spiro atoms. The van der Waals surface area contributed by atoms with Gasteiger partial charge in [0, 0.05) is 17.9 Å². The second-order valence-corrected chi connectivity index (χ2v) is 4.86. The zero-order valence-electron chi connectivity index (χ0n) is 12.3. The molecule has 0 saturated heterocycles. The van der Waals surface area contributed by atoms with Crippen LogP contribution in [0.4, 0.5) is 11.4 Å². The van der Waals surface area contributed by atoms with Crippen molar-refractivity contribution < 1.29 is 9.53 Å². The minimum atomic E-state index is -0.394. The molecule has 0 saturated carbocycles. The van der Waals surface area contributed by atoms with Gasteiger partial charge in [0.15, 0.2) is 0 Å². The van der Waals surface area contributed by atoms with Gasteiger partial charge in [-0.1, -0.05) is 29.8 Å². The van der Waals surface area contributed by atoms with E-state index in [4.69, 9.17) is 10.5 Å². The highest BCUT2D eigenvalue weighted by molar-refractivity contribution is 5.96. The summed E-state index contributed by atoms with van der Waals surface area (Å²) in [7, 11) is 0. The highest BCUT2D eigenvalue weighted by Crippen LogP contribution is 2.19. The van der Waals surface area contributed by atoms with Gasteiger partial charge in [-0.25, -0.2) is 4.79 Å². The summed E-state index contributed by atoms with van der Waals surface area (Å²) in [5.41, 5.74) is 9.88. The number of nitrogens with two attached hydrogens (primary N) is 1. The number of ether oxygens (including phenoxy) is 1. The van der Waals surface area contributed by atoms with Crippen molar-refractivity contribution in [1.29, 1.82) is 0 Å². The lowest BCUT2D eigenvalue weighted by Gasteiger charge is -2.10.